The van der Waals surface area contributed by atoms with Crippen LogP contribution in [0.15, 0.2) is 22.8 Å². The average Bonchev–Trinajstić information content (AvgIpc) is 2.83. The van der Waals surface area contributed by atoms with Gasteiger partial charge < -0.3 is 9.73 Å². The molecule has 1 saturated carbocycles. The number of furan rings is 1. The molecule has 1 aliphatic carbocycles. The van der Waals surface area contributed by atoms with E-state index in [1.807, 2.05) is 23.9 Å². The van der Waals surface area contributed by atoms with E-state index in [-0.39, 0.29) is 0 Å². The smallest absolute Gasteiger partial charge is 0.117 e. The number of hydrogen-bond acceptors (Lipinski definition) is 3. The van der Waals surface area contributed by atoms with Crippen LogP contribution < -0.4 is 5.32 Å². The van der Waals surface area contributed by atoms with Crippen molar-refractivity contribution in [3.63, 3.8) is 0 Å². The van der Waals surface area contributed by atoms with Gasteiger partial charge >= 0.3 is 0 Å². The molecular weight excluding hydrogens is 218 g/mol. The minimum atomic E-state index is 0.477. The first-order valence-corrected chi connectivity index (χ1v) is 7.35. The quantitative estimate of drug-likeness (QED) is 0.852. The minimum Gasteiger partial charge on any atom is -0.468 e. The zero-order valence-electron chi connectivity index (χ0n) is 10.00. The summed E-state index contributed by atoms with van der Waals surface area (Å²) in [5.74, 6) is 1.03. The lowest BCUT2D eigenvalue weighted by Gasteiger charge is -2.35. The second-order valence-corrected chi connectivity index (χ2v) is 5.90. The van der Waals surface area contributed by atoms with Crippen LogP contribution in [0.25, 0.3) is 0 Å². The maximum absolute atomic E-state index is 5.32. The Morgan fingerprint density at radius 3 is 2.81 bits per heavy atom. The van der Waals surface area contributed by atoms with Crippen LogP contribution in [-0.4, -0.2) is 17.5 Å². The molecule has 2 nitrogen and oxygen atoms in total. The van der Waals surface area contributed by atoms with Crippen LogP contribution in [0.4, 0.5) is 0 Å². The van der Waals surface area contributed by atoms with E-state index in [4.69, 9.17) is 4.42 Å². The molecule has 2 rings (SSSR count). The second kappa shape index (κ2) is 5.78. The molecule has 1 N–H and O–H groups in total. The van der Waals surface area contributed by atoms with Crippen LogP contribution >= 0.6 is 11.8 Å². The summed E-state index contributed by atoms with van der Waals surface area (Å²) < 4.78 is 5.80. The maximum Gasteiger partial charge on any atom is 0.117 e. The predicted molar refractivity (Wildman–Crippen MR) is 69.7 cm³/mol. The lowest BCUT2D eigenvalue weighted by atomic mass is 9.88. The highest BCUT2D eigenvalue weighted by Gasteiger charge is 2.30. The van der Waals surface area contributed by atoms with Crippen LogP contribution in [0.3, 0.4) is 0 Å². The summed E-state index contributed by atoms with van der Waals surface area (Å²) >= 11 is 2.04. The summed E-state index contributed by atoms with van der Waals surface area (Å²) in [4.78, 5) is 0. The van der Waals surface area contributed by atoms with Gasteiger partial charge in [-0.3, -0.25) is 0 Å². The first-order chi connectivity index (χ1) is 7.85. The topological polar surface area (TPSA) is 25.2 Å². The van der Waals surface area contributed by atoms with E-state index in [9.17, 15) is 0 Å². The minimum absolute atomic E-state index is 0.477. The molecule has 3 heteroatoms. The SMILES string of the molecule is CSC1(CNCc2ccco2)CCCCC1. The highest BCUT2D eigenvalue weighted by atomic mass is 32.2. The Kier molecular flexibility index (Phi) is 4.36. The third-order valence-corrected chi connectivity index (χ3v) is 4.94. The fraction of sp³-hybridized carbons (Fsp3) is 0.692. The zero-order valence-corrected chi connectivity index (χ0v) is 10.8. The van der Waals surface area contributed by atoms with E-state index in [1.165, 1.54) is 32.1 Å². The van der Waals surface area contributed by atoms with Gasteiger partial charge in [0.05, 0.1) is 12.8 Å². The standard InChI is InChI=1S/C13H21NOS/c1-16-13(7-3-2-4-8-13)11-14-10-12-6-5-9-15-12/h5-6,9,14H,2-4,7-8,10-11H2,1H3. The van der Waals surface area contributed by atoms with Crippen LogP contribution in [0.5, 0.6) is 0 Å². The van der Waals surface area contributed by atoms with Crippen molar-refractivity contribution in [3.8, 4) is 0 Å². The van der Waals surface area contributed by atoms with Crippen molar-refractivity contribution in [3.05, 3.63) is 24.2 Å². The Labute approximate surface area is 102 Å². The Morgan fingerprint density at radius 1 is 1.38 bits per heavy atom. The number of nitrogens with one attached hydrogen (secondary N) is 1. The molecule has 1 aliphatic rings. The number of hydrogen-bond donors (Lipinski definition) is 1. The molecule has 0 aliphatic heterocycles. The number of thioether (sulfide) groups is 1. The molecule has 0 aromatic carbocycles. The van der Waals surface area contributed by atoms with Gasteiger partial charge in [-0.15, -0.1) is 0 Å². The normalized spacial score (nSPS) is 19.8. The molecule has 1 aromatic rings. The summed E-state index contributed by atoms with van der Waals surface area (Å²) in [6.45, 7) is 1.96. The molecular formula is C13H21NOS. The van der Waals surface area contributed by atoms with Gasteiger partial charge in [-0.05, 0) is 31.2 Å². The summed E-state index contributed by atoms with van der Waals surface area (Å²) in [6, 6.07) is 3.97. The average molecular weight is 239 g/mol. The first kappa shape index (κ1) is 12.1. The summed E-state index contributed by atoms with van der Waals surface area (Å²) in [5, 5.41) is 3.53. The van der Waals surface area contributed by atoms with Gasteiger partial charge in [0, 0.05) is 11.3 Å². The van der Waals surface area contributed by atoms with E-state index in [0.717, 1.165) is 18.8 Å². The van der Waals surface area contributed by atoms with Crippen molar-refractivity contribution < 1.29 is 4.42 Å². The summed E-state index contributed by atoms with van der Waals surface area (Å²) in [5.41, 5.74) is 0. The van der Waals surface area contributed by atoms with Gasteiger partial charge in [-0.25, -0.2) is 0 Å². The third kappa shape index (κ3) is 3.05. The van der Waals surface area contributed by atoms with E-state index in [2.05, 4.69) is 11.6 Å². The van der Waals surface area contributed by atoms with Gasteiger partial charge in [0.2, 0.25) is 0 Å². The van der Waals surface area contributed by atoms with Crippen LogP contribution in [0.2, 0.25) is 0 Å². The van der Waals surface area contributed by atoms with Gasteiger partial charge in [0.25, 0.3) is 0 Å². The first-order valence-electron chi connectivity index (χ1n) is 6.13. The molecule has 0 radical (unpaired) electrons. The lowest BCUT2D eigenvalue weighted by Crippen LogP contribution is -2.39. The molecule has 0 amide bonds. The molecule has 1 fully saturated rings. The second-order valence-electron chi connectivity index (χ2n) is 4.63. The molecule has 0 atom stereocenters. The molecule has 90 valence electrons. The van der Waals surface area contributed by atoms with Gasteiger partial charge in [-0.2, -0.15) is 11.8 Å². The Bertz CT molecular complexity index is 291. The van der Waals surface area contributed by atoms with Crippen molar-refractivity contribution >= 4 is 11.8 Å². The fourth-order valence-electron chi connectivity index (χ4n) is 2.48. The van der Waals surface area contributed by atoms with Crippen molar-refractivity contribution in [2.45, 2.75) is 43.4 Å². The molecule has 16 heavy (non-hydrogen) atoms. The summed E-state index contributed by atoms with van der Waals surface area (Å²) in [6.07, 6.45) is 10.9. The summed E-state index contributed by atoms with van der Waals surface area (Å²) in [7, 11) is 0. The van der Waals surface area contributed by atoms with Crippen molar-refractivity contribution in [2.75, 3.05) is 12.8 Å². The van der Waals surface area contributed by atoms with Gasteiger partial charge in [0.15, 0.2) is 0 Å². The van der Waals surface area contributed by atoms with Crippen molar-refractivity contribution in [1.82, 2.24) is 5.32 Å². The Hall–Kier alpha value is -0.410. The van der Waals surface area contributed by atoms with E-state index < -0.39 is 0 Å². The van der Waals surface area contributed by atoms with Crippen LogP contribution in [0, 0.1) is 0 Å². The van der Waals surface area contributed by atoms with E-state index in [0.29, 0.717) is 4.75 Å². The molecule has 0 saturated heterocycles. The Morgan fingerprint density at radius 2 is 2.19 bits per heavy atom. The monoisotopic (exact) mass is 239 g/mol. The molecule has 1 heterocycles. The Balaban J connectivity index is 1.78. The third-order valence-electron chi connectivity index (χ3n) is 3.52. The van der Waals surface area contributed by atoms with Gasteiger partial charge in [0.1, 0.15) is 5.76 Å². The van der Waals surface area contributed by atoms with Crippen LogP contribution in [-0.2, 0) is 6.54 Å². The van der Waals surface area contributed by atoms with Crippen LogP contribution in [0.1, 0.15) is 37.9 Å². The van der Waals surface area contributed by atoms with Crippen molar-refractivity contribution in [1.29, 1.82) is 0 Å². The predicted octanol–water partition coefficient (Wildman–Crippen LogP) is 3.44. The lowest BCUT2D eigenvalue weighted by molar-refractivity contribution is 0.371. The maximum atomic E-state index is 5.32. The molecule has 0 bridgehead atoms. The van der Waals surface area contributed by atoms with E-state index in [1.54, 1.807) is 6.26 Å². The van der Waals surface area contributed by atoms with E-state index >= 15 is 0 Å². The van der Waals surface area contributed by atoms with Crippen molar-refractivity contribution in [2.24, 2.45) is 0 Å². The molecule has 1 aromatic heterocycles. The highest BCUT2D eigenvalue weighted by molar-refractivity contribution is 8.00. The molecule has 0 unspecified atom stereocenters. The fourth-order valence-corrected chi connectivity index (χ4v) is 3.42. The molecule has 0 spiro atoms. The highest BCUT2D eigenvalue weighted by Crippen LogP contribution is 2.37. The number of rotatable bonds is 5. The largest absolute Gasteiger partial charge is 0.468 e. The zero-order chi connectivity index (χ0) is 11.3. The van der Waals surface area contributed by atoms with Gasteiger partial charge in [-0.1, -0.05) is 19.3 Å².